The normalized spacial score (nSPS) is 18.8. The van der Waals surface area contributed by atoms with Gasteiger partial charge in [0.15, 0.2) is 0 Å². The molecule has 9 heteroatoms. The molecule has 0 aliphatic carbocycles. The maximum atomic E-state index is 13.3. The molecule has 0 radical (unpaired) electrons. The average Bonchev–Trinajstić information content (AvgIpc) is 3.28. The molecule has 3 atom stereocenters. The zero-order chi connectivity index (χ0) is 24.0. The van der Waals surface area contributed by atoms with Gasteiger partial charge in [-0.15, -0.1) is 0 Å². The third-order valence-corrected chi connectivity index (χ3v) is 5.93. The number of pyridine rings is 1. The lowest BCUT2D eigenvalue weighted by atomic mass is 9.84. The predicted molar refractivity (Wildman–Crippen MR) is 125 cm³/mol. The maximum Gasteiger partial charge on any atom is 0.253 e. The van der Waals surface area contributed by atoms with E-state index < -0.39 is 0 Å². The zero-order valence-corrected chi connectivity index (χ0v) is 19.2. The number of piperidine rings is 1. The molecule has 0 spiro atoms. The van der Waals surface area contributed by atoms with Crippen molar-refractivity contribution in [1.29, 1.82) is 0 Å². The van der Waals surface area contributed by atoms with Gasteiger partial charge in [0.05, 0.1) is 35.2 Å². The number of hydrogen-bond donors (Lipinski definition) is 3. The summed E-state index contributed by atoms with van der Waals surface area (Å²) in [6.45, 7) is 6.70. The van der Waals surface area contributed by atoms with Crippen LogP contribution in [0.1, 0.15) is 50.4 Å². The van der Waals surface area contributed by atoms with E-state index in [0.29, 0.717) is 35.1 Å². The number of rotatable bonds is 6. The van der Waals surface area contributed by atoms with Gasteiger partial charge in [0.1, 0.15) is 5.82 Å². The highest BCUT2D eigenvalue weighted by atomic mass is 19.1. The van der Waals surface area contributed by atoms with E-state index in [1.54, 1.807) is 29.2 Å². The Morgan fingerprint density at radius 3 is 2.64 bits per heavy atom. The minimum atomic E-state index is -0.372. The fourth-order valence-electron chi connectivity index (χ4n) is 4.24. The van der Waals surface area contributed by atoms with Crippen LogP contribution in [0.4, 0.5) is 4.39 Å². The van der Waals surface area contributed by atoms with Crippen LogP contribution in [0.2, 0.25) is 0 Å². The number of nitrogens with zero attached hydrogens (tertiary/aromatic N) is 3. The molecule has 3 unspecified atom stereocenters. The molecule has 1 saturated heterocycles. The first-order valence-corrected chi connectivity index (χ1v) is 11.4. The van der Waals surface area contributed by atoms with Gasteiger partial charge in [0.2, 0.25) is 5.91 Å². The highest BCUT2D eigenvalue weighted by Crippen LogP contribution is 2.24. The van der Waals surface area contributed by atoms with Gasteiger partial charge in [0, 0.05) is 17.6 Å². The molecule has 4 N–H and O–H groups in total. The fourth-order valence-corrected chi connectivity index (χ4v) is 4.24. The molecule has 1 aliphatic heterocycles. The molecule has 3 aromatic rings. The van der Waals surface area contributed by atoms with Gasteiger partial charge in [-0.05, 0) is 56.0 Å². The number of benzene rings is 1. The zero-order valence-electron chi connectivity index (χ0n) is 19.2. The fraction of sp³-hybridized carbons (Fsp3) is 0.417. The summed E-state index contributed by atoms with van der Waals surface area (Å²) in [6.07, 6.45) is 6.95. The van der Waals surface area contributed by atoms with Crippen molar-refractivity contribution in [3.63, 3.8) is 0 Å². The monoisotopic (exact) mass is 454 g/mol. The van der Waals surface area contributed by atoms with E-state index in [1.807, 2.05) is 20.8 Å². The first-order valence-electron chi connectivity index (χ1n) is 11.4. The van der Waals surface area contributed by atoms with Crippen molar-refractivity contribution >= 4 is 22.7 Å². The van der Waals surface area contributed by atoms with Gasteiger partial charge in [-0.3, -0.25) is 14.6 Å². The molecule has 1 fully saturated rings. The summed E-state index contributed by atoms with van der Waals surface area (Å²) in [5.41, 5.74) is 7.21. The van der Waals surface area contributed by atoms with Crippen molar-refractivity contribution in [3.8, 4) is 5.69 Å². The van der Waals surface area contributed by atoms with Crippen molar-refractivity contribution in [2.45, 2.75) is 52.1 Å². The third kappa shape index (κ3) is 5.36. The van der Waals surface area contributed by atoms with E-state index in [1.165, 1.54) is 18.3 Å². The number of fused-ring (bicyclic) bond motifs is 1. The van der Waals surface area contributed by atoms with Gasteiger partial charge >= 0.3 is 0 Å². The second-order valence-corrected chi connectivity index (χ2v) is 7.83. The first kappa shape index (κ1) is 24.3. The largest absolute Gasteiger partial charge is 0.368 e. The summed E-state index contributed by atoms with van der Waals surface area (Å²) in [5.74, 6) is -0.784. The Morgan fingerprint density at radius 2 is 1.97 bits per heavy atom. The van der Waals surface area contributed by atoms with Crippen molar-refractivity contribution in [1.82, 2.24) is 25.4 Å². The van der Waals surface area contributed by atoms with Crippen LogP contribution in [0.25, 0.3) is 16.6 Å². The number of nitrogens with one attached hydrogen (secondary N) is 2. The Kier molecular flexibility index (Phi) is 8.11. The summed E-state index contributed by atoms with van der Waals surface area (Å²) < 4.78 is 14.9. The summed E-state index contributed by atoms with van der Waals surface area (Å²) in [6, 6.07) is 5.50. The molecular weight excluding hydrogens is 423 g/mol. The Bertz CT molecular complexity index is 1100. The van der Waals surface area contributed by atoms with Gasteiger partial charge in [-0.2, -0.15) is 5.10 Å². The SMILES string of the molecule is CC.CCC(NC(=O)c1cncc2c1cnn2-c1ccc(F)cc1)C1CCNC(C(N)=O)C1. The van der Waals surface area contributed by atoms with E-state index in [9.17, 15) is 14.0 Å². The van der Waals surface area contributed by atoms with Gasteiger partial charge < -0.3 is 16.4 Å². The summed E-state index contributed by atoms with van der Waals surface area (Å²) >= 11 is 0. The van der Waals surface area contributed by atoms with Crippen molar-refractivity contribution < 1.29 is 14.0 Å². The number of aromatic nitrogens is 3. The number of nitrogens with two attached hydrogens (primary N) is 1. The molecule has 2 amide bonds. The molecule has 1 aromatic carbocycles. The lowest BCUT2D eigenvalue weighted by Crippen LogP contribution is -2.51. The number of carbonyl (C=O) groups is 2. The van der Waals surface area contributed by atoms with E-state index in [0.717, 1.165) is 12.8 Å². The molecule has 0 bridgehead atoms. The second-order valence-electron chi connectivity index (χ2n) is 7.83. The molecule has 4 rings (SSSR count). The average molecular weight is 455 g/mol. The molecule has 2 aromatic heterocycles. The second kappa shape index (κ2) is 11.0. The van der Waals surface area contributed by atoms with Crippen LogP contribution in [0.3, 0.4) is 0 Å². The maximum absolute atomic E-state index is 13.3. The standard InChI is InChI=1S/C22H25FN6O2.C2H6/c1-2-18(13-7-8-26-19(9-13)21(24)30)28-22(31)17-10-25-12-20-16(17)11-27-29(20)15-5-3-14(23)4-6-15;1-2/h3-6,10-13,18-19,26H,2,7-9H2,1H3,(H2,24,30)(H,28,31);1-2H3. The third-order valence-electron chi connectivity index (χ3n) is 5.93. The molecule has 33 heavy (non-hydrogen) atoms. The Hall–Kier alpha value is -3.33. The Labute approximate surface area is 192 Å². The lowest BCUT2D eigenvalue weighted by Gasteiger charge is -2.34. The number of primary amides is 1. The van der Waals surface area contributed by atoms with Crippen molar-refractivity contribution in [3.05, 3.63) is 54.2 Å². The molecule has 8 nitrogen and oxygen atoms in total. The Balaban J connectivity index is 0.00000149. The predicted octanol–water partition coefficient (Wildman–Crippen LogP) is 2.95. The van der Waals surface area contributed by atoms with Crippen molar-refractivity contribution in [2.75, 3.05) is 6.54 Å². The smallest absolute Gasteiger partial charge is 0.253 e. The summed E-state index contributed by atoms with van der Waals surface area (Å²) in [4.78, 5) is 28.9. The van der Waals surface area contributed by atoms with E-state index in [2.05, 4.69) is 20.7 Å². The van der Waals surface area contributed by atoms with E-state index in [-0.39, 0.29) is 35.6 Å². The van der Waals surface area contributed by atoms with Gasteiger partial charge in [-0.25, -0.2) is 9.07 Å². The molecule has 1 aliphatic rings. The van der Waals surface area contributed by atoms with Gasteiger partial charge in [-0.1, -0.05) is 20.8 Å². The van der Waals surface area contributed by atoms with E-state index >= 15 is 0 Å². The number of amides is 2. The van der Waals surface area contributed by atoms with Crippen LogP contribution in [-0.2, 0) is 4.79 Å². The van der Waals surface area contributed by atoms with Crippen LogP contribution in [0.15, 0.2) is 42.9 Å². The topological polar surface area (TPSA) is 115 Å². The molecule has 3 heterocycles. The number of halogens is 1. The summed E-state index contributed by atoms with van der Waals surface area (Å²) in [5, 5.41) is 11.3. The van der Waals surface area contributed by atoms with Crippen LogP contribution in [0.5, 0.6) is 0 Å². The van der Waals surface area contributed by atoms with Crippen LogP contribution in [0, 0.1) is 11.7 Å². The molecular formula is C24H31FN6O2. The Morgan fingerprint density at radius 1 is 1.24 bits per heavy atom. The lowest BCUT2D eigenvalue weighted by molar-refractivity contribution is -0.121. The van der Waals surface area contributed by atoms with Crippen LogP contribution in [-0.4, -0.2) is 45.2 Å². The van der Waals surface area contributed by atoms with Crippen LogP contribution < -0.4 is 16.4 Å². The minimum absolute atomic E-state index is 0.0844. The van der Waals surface area contributed by atoms with Crippen LogP contribution >= 0.6 is 0 Å². The quantitative estimate of drug-likeness (QED) is 0.530. The minimum Gasteiger partial charge on any atom is -0.368 e. The van der Waals surface area contributed by atoms with Crippen molar-refractivity contribution in [2.24, 2.45) is 11.7 Å². The summed E-state index contributed by atoms with van der Waals surface area (Å²) in [7, 11) is 0. The molecule has 0 saturated carbocycles. The number of carbonyl (C=O) groups excluding carboxylic acids is 2. The highest BCUT2D eigenvalue weighted by molar-refractivity contribution is 6.06. The molecule has 176 valence electrons. The van der Waals surface area contributed by atoms with Gasteiger partial charge in [0.25, 0.3) is 5.91 Å². The highest BCUT2D eigenvalue weighted by Gasteiger charge is 2.31. The first-order chi connectivity index (χ1) is 16.0. The van der Waals surface area contributed by atoms with E-state index in [4.69, 9.17) is 5.73 Å². The number of hydrogen-bond acceptors (Lipinski definition) is 5.